The summed E-state index contributed by atoms with van der Waals surface area (Å²) in [5.74, 6) is -0.321. The average Bonchev–Trinajstić information content (AvgIpc) is 2.70. The molecule has 0 spiro atoms. The summed E-state index contributed by atoms with van der Waals surface area (Å²) in [5, 5.41) is 4.26. The molecule has 19 heavy (non-hydrogen) atoms. The summed E-state index contributed by atoms with van der Waals surface area (Å²) in [4.78, 5) is 0. The molecule has 1 aromatic carbocycles. The number of benzene rings is 1. The molecular formula is C13H14Br2FN3. The summed E-state index contributed by atoms with van der Waals surface area (Å²) >= 11 is 6.79. The quantitative estimate of drug-likeness (QED) is 0.857. The number of rotatable bonds is 4. The van der Waals surface area contributed by atoms with Gasteiger partial charge in [-0.2, -0.15) is 5.10 Å². The number of hydrogen-bond donors (Lipinski definition) is 1. The van der Waals surface area contributed by atoms with E-state index >= 15 is 0 Å². The molecule has 0 amide bonds. The van der Waals surface area contributed by atoms with Crippen LogP contribution >= 0.6 is 31.9 Å². The van der Waals surface area contributed by atoms with E-state index in [4.69, 9.17) is 5.73 Å². The van der Waals surface area contributed by atoms with E-state index in [0.29, 0.717) is 10.0 Å². The highest BCUT2D eigenvalue weighted by molar-refractivity contribution is 9.10. The van der Waals surface area contributed by atoms with Gasteiger partial charge in [0.1, 0.15) is 5.82 Å². The van der Waals surface area contributed by atoms with Crippen LogP contribution in [0.25, 0.3) is 0 Å². The van der Waals surface area contributed by atoms with Crippen molar-refractivity contribution in [2.75, 3.05) is 0 Å². The van der Waals surface area contributed by atoms with Crippen LogP contribution in [-0.2, 0) is 6.54 Å². The molecular weight excluding hydrogens is 377 g/mol. The second-order valence-electron chi connectivity index (χ2n) is 4.21. The van der Waals surface area contributed by atoms with Gasteiger partial charge in [0, 0.05) is 16.6 Å². The Labute approximate surface area is 128 Å². The van der Waals surface area contributed by atoms with E-state index in [2.05, 4.69) is 43.9 Å². The first kappa shape index (κ1) is 14.7. The van der Waals surface area contributed by atoms with Gasteiger partial charge in [-0.05, 0) is 34.5 Å². The Morgan fingerprint density at radius 1 is 1.37 bits per heavy atom. The van der Waals surface area contributed by atoms with Gasteiger partial charge in [0.05, 0.1) is 22.4 Å². The predicted octanol–water partition coefficient (Wildman–Crippen LogP) is 4.01. The summed E-state index contributed by atoms with van der Waals surface area (Å²) in [7, 11) is 0. The van der Waals surface area contributed by atoms with Crippen molar-refractivity contribution in [1.82, 2.24) is 9.78 Å². The van der Waals surface area contributed by atoms with Crippen LogP contribution in [-0.4, -0.2) is 9.78 Å². The molecule has 0 saturated carbocycles. The zero-order valence-corrected chi connectivity index (χ0v) is 13.6. The smallest absolute Gasteiger partial charge is 0.129 e. The summed E-state index contributed by atoms with van der Waals surface area (Å²) in [5.41, 5.74) is 7.46. The van der Waals surface area contributed by atoms with E-state index in [0.717, 1.165) is 23.1 Å². The van der Waals surface area contributed by atoms with Crippen LogP contribution in [0.5, 0.6) is 0 Å². The van der Waals surface area contributed by atoms with Crippen molar-refractivity contribution in [2.24, 2.45) is 5.73 Å². The van der Waals surface area contributed by atoms with Gasteiger partial charge in [-0.1, -0.05) is 28.9 Å². The van der Waals surface area contributed by atoms with E-state index in [1.807, 2.05) is 4.68 Å². The summed E-state index contributed by atoms with van der Waals surface area (Å²) in [6.07, 6.45) is 2.63. The molecule has 2 N–H and O–H groups in total. The van der Waals surface area contributed by atoms with Crippen molar-refractivity contribution < 1.29 is 4.39 Å². The van der Waals surface area contributed by atoms with Crippen molar-refractivity contribution in [3.8, 4) is 0 Å². The molecule has 0 aliphatic rings. The van der Waals surface area contributed by atoms with E-state index in [1.165, 1.54) is 6.07 Å². The van der Waals surface area contributed by atoms with Crippen LogP contribution in [0, 0.1) is 5.82 Å². The minimum atomic E-state index is -0.570. The first-order valence-corrected chi connectivity index (χ1v) is 7.55. The number of aryl methyl sites for hydroxylation is 1. The normalized spacial score (nSPS) is 12.7. The third-order valence-electron chi connectivity index (χ3n) is 2.87. The highest BCUT2D eigenvalue weighted by atomic mass is 79.9. The van der Waals surface area contributed by atoms with E-state index in [9.17, 15) is 4.39 Å². The molecule has 6 heteroatoms. The second-order valence-corrected chi connectivity index (χ2v) is 5.92. The minimum Gasteiger partial charge on any atom is -0.319 e. The molecule has 102 valence electrons. The van der Waals surface area contributed by atoms with E-state index in [1.54, 1.807) is 18.3 Å². The lowest BCUT2D eigenvalue weighted by Crippen LogP contribution is -2.19. The molecule has 1 unspecified atom stereocenters. The minimum absolute atomic E-state index is 0.321. The van der Waals surface area contributed by atoms with Crippen molar-refractivity contribution in [2.45, 2.75) is 25.9 Å². The lowest BCUT2D eigenvalue weighted by atomic mass is 10.0. The van der Waals surface area contributed by atoms with E-state index in [-0.39, 0.29) is 5.82 Å². The molecule has 1 atom stereocenters. The first-order chi connectivity index (χ1) is 9.06. The molecule has 1 aromatic heterocycles. The summed E-state index contributed by atoms with van der Waals surface area (Å²) < 4.78 is 17.3. The summed E-state index contributed by atoms with van der Waals surface area (Å²) in [6.45, 7) is 2.81. The summed E-state index contributed by atoms with van der Waals surface area (Å²) in [6, 6.07) is 4.27. The fraction of sp³-hybridized carbons (Fsp3) is 0.308. The molecule has 0 aliphatic carbocycles. The number of nitrogens with two attached hydrogens (primary N) is 1. The standard InChI is InChI=1S/C13H14Br2FN3/c1-2-6-19-13(9(15)7-18-19)12(17)11-8(14)4-3-5-10(11)16/h3-5,7,12H,2,6,17H2,1H3. The number of nitrogens with zero attached hydrogens (tertiary/aromatic N) is 2. The van der Waals surface area contributed by atoms with Gasteiger partial charge in [0.2, 0.25) is 0 Å². The van der Waals surface area contributed by atoms with Crippen LogP contribution in [0.1, 0.15) is 30.6 Å². The Morgan fingerprint density at radius 3 is 2.74 bits per heavy atom. The molecule has 1 heterocycles. The third kappa shape index (κ3) is 2.90. The lowest BCUT2D eigenvalue weighted by molar-refractivity contribution is 0.543. The van der Waals surface area contributed by atoms with Gasteiger partial charge in [0.25, 0.3) is 0 Å². The second kappa shape index (κ2) is 6.15. The Morgan fingerprint density at radius 2 is 2.11 bits per heavy atom. The maximum Gasteiger partial charge on any atom is 0.129 e. The fourth-order valence-electron chi connectivity index (χ4n) is 2.02. The lowest BCUT2D eigenvalue weighted by Gasteiger charge is -2.17. The Balaban J connectivity index is 2.50. The topological polar surface area (TPSA) is 43.8 Å². The van der Waals surface area contributed by atoms with Gasteiger partial charge in [-0.25, -0.2) is 4.39 Å². The monoisotopic (exact) mass is 389 g/mol. The predicted molar refractivity (Wildman–Crippen MR) is 80.3 cm³/mol. The van der Waals surface area contributed by atoms with Gasteiger partial charge in [0.15, 0.2) is 0 Å². The van der Waals surface area contributed by atoms with Crippen molar-refractivity contribution in [3.05, 3.63) is 50.4 Å². The number of halogens is 3. The van der Waals surface area contributed by atoms with Crippen molar-refractivity contribution in [3.63, 3.8) is 0 Å². The van der Waals surface area contributed by atoms with Crippen LogP contribution in [0.15, 0.2) is 33.3 Å². The molecule has 2 aromatic rings. The average molecular weight is 391 g/mol. The van der Waals surface area contributed by atoms with Crippen molar-refractivity contribution >= 4 is 31.9 Å². The zero-order valence-electron chi connectivity index (χ0n) is 10.4. The van der Waals surface area contributed by atoms with E-state index < -0.39 is 6.04 Å². The maximum atomic E-state index is 14.0. The Kier molecular flexibility index (Phi) is 4.76. The number of aromatic nitrogens is 2. The van der Waals surface area contributed by atoms with Crippen molar-refractivity contribution in [1.29, 1.82) is 0 Å². The highest BCUT2D eigenvalue weighted by Gasteiger charge is 2.22. The van der Waals surface area contributed by atoms with Gasteiger partial charge >= 0.3 is 0 Å². The highest BCUT2D eigenvalue weighted by Crippen LogP contribution is 2.32. The zero-order chi connectivity index (χ0) is 14.0. The van der Waals surface area contributed by atoms with Crippen LogP contribution in [0.3, 0.4) is 0 Å². The van der Waals surface area contributed by atoms with Crippen LogP contribution in [0.2, 0.25) is 0 Å². The molecule has 2 rings (SSSR count). The molecule has 3 nitrogen and oxygen atoms in total. The van der Waals surface area contributed by atoms with Crippen LogP contribution in [0.4, 0.5) is 4.39 Å². The SMILES string of the molecule is CCCn1ncc(Br)c1C(N)c1c(F)cccc1Br. The van der Waals surface area contributed by atoms with Gasteiger partial charge in [-0.15, -0.1) is 0 Å². The maximum absolute atomic E-state index is 14.0. The van der Waals surface area contributed by atoms with Crippen LogP contribution < -0.4 is 5.73 Å². The molecule has 0 radical (unpaired) electrons. The Hall–Kier alpha value is -0.720. The number of hydrogen-bond acceptors (Lipinski definition) is 2. The molecule has 0 bridgehead atoms. The van der Waals surface area contributed by atoms with Gasteiger partial charge < -0.3 is 5.73 Å². The third-order valence-corrected chi connectivity index (χ3v) is 4.18. The molecule has 0 saturated heterocycles. The largest absolute Gasteiger partial charge is 0.319 e. The first-order valence-electron chi connectivity index (χ1n) is 5.97. The molecule has 0 fully saturated rings. The van der Waals surface area contributed by atoms with Gasteiger partial charge in [-0.3, -0.25) is 4.68 Å². The molecule has 0 aliphatic heterocycles. The Bertz CT molecular complexity index is 563. The fourth-order valence-corrected chi connectivity index (χ4v) is 3.15.